The summed E-state index contributed by atoms with van der Waals surface area (Å²) in [4.78, 5) is 2.06. The lowest BCUT2D eigenvalue weighted by Crippen LogP contribution is -2.18. The lowest BCUT2D eigenvalue weighted by molar-refractivity contribution is 0.720. The molecular formula is C10H10N6S. The van der Waals surface area contributed by atoms with Crippen molar-refractivity contribution in [2.75, 3.05) is 11.9 Å². The molecule has 0 aliphatic heterocycles. The second-order valence-electron chi connectivity index (χ2n) is 3.71. The molecule has 86 valence electrons. The van der Waals surface area contributed by atoms with E-state index in [1.165, 1.54) is 10.2 Å². The molecule has 3 aromatic heterocycles. The van der Waals surface area contributed by atoms with Crippen LogP contribution in [0.2, 0.25) is 0 Å². The zero-order valence-corrected chi connectivity index (χ0v) is 10.0. The molecule has 0 aromatic carbocycles. The van der Waals surface area contributed by atoms with E-state index in [4.69, 9.17) is 0 Å². The van der Waals surface area contributed by atoms with Crippen molar-refractivity contribution >= 4 is 22.8 Å². The van der Waals surface area contributed by atoms with Gasteiger partial charge in [-0.25, -0.2) is 0 Å². The molecular weight excluding hydrogens is 236 g/mol. The van der Waals surface area contributed by atoms with Crippen LogP contribution in [-0.4, -0.2) is 32.3 Å². The van der Waals surface area contributed by atoms with Crippen molar-refractivity contribution in [2.45, 2.75) is 6.54 Å². The molecule has 0 bridgehead atoms. The third-order valence-corrected chi connectivity index (χ3v) is 3.18. The highest BCUT2D eigenvalue weighted by atomic mass is 32.1. The summed E-state index contributed by atoms with van der Waals surface area (Å²) < 4.78 is 1.43. The van der Waals surface area contributed by atoms with Gasteiger partial charge >= 0.3 is 0 Å². The Hall–Kier alpha value is -2.02. The molecule has 0 saturated carbocycles. The van der Waals surface area contributed by atoms with Crippen LogP contribution in [0.15, 0.2) is 29.0 Å². The molecule has 0 atom stereocenters. The molecule has 0 unspecified atom stereocenters. The zero-order valence-electron chi connectivity index (χ0n) is 9.19. The number of thiophene rings is 1. The SMILES string of the molecule is CN(Cc1ccsc1)c1ccc2nnnn2n1. The number of nitrogens with zero attached hydrogens (tertiary/aromatic N) is 6. The molecule has 6 nitrogen and oxygen atoms in total. The minimum atomic E-state index is 0.651. The van der Waals surface area contributed by atoms with Crippen molar-refractivity contribution in [3.63, 3.8) is 0 Å². The summed E-state index contributed by atoms with van der Waals surface area (Å²) >= 11 is 1.70. The Morgan fingerprint density at radius 2 is 2.29 bits per heavy atom. The van der Waals surface area contributed by atoms with Gasteiger partial charge in [-0.05, 0) is 44.9 Å². The molecule has 0 spiro atoms. The maximum atomic E-state index is 4.33. The van der Waals surface area contributed by atoms with Crippen LogP contribution >= 0.6 is 11.3 Å². The Morgan fingerprint density at radius 3 is 3.12 bits per heavy atom. The first kappa shape index (κ1) is 10.2. The van der Waals surface area contributed by atoms with Crippen LogP contribution in [0.4, 0.5) is 5.82 Å². The highest BCUT2D eigenvalue weighted by Gasteiger charge is 2.06. The van der Waals surface area contributed by atoms with Crippen LogP contribution in [-0.2, 0) is 6.54 Å². The van der Waals surface area contributed by atoms with Gasteiger partial charge in [-0.15, -0.1) is 14.8 Å². The highest BCUT2D eigenvalue weighted by Crippen LogP contribution is 2.14. The lowest BCUT2D eigenvalue weighted by Gasteiger charge is -2.16. The molecule has 0 N–H and O–H groups in total. The Bertz CT molecular complexity index is 617. The van der Waals surface area contributed by atoms with Crippen molar-refractivity contribution in [1.29, 1.82) is 0 Å². The van der Waals surface area contributed by atoms with Crippen molar-refractivity contribution in [3.8, 4) is 0 Å². The summed E-state index contributed by atoms with van der Waals surface area (Å²) in [7, 11) is 2.00. The van der Waals surface area contributed by atoms with Gasteiger partial charge in [0, 0.05) is 13.6 Å². The van der Waals surface area contributed by atoms with Gasteiger partial charge in [0.1, 0.15) is 0 Å². The molecule has 0 fully saturated rings. The average molecular weight is 246 g/mol. The second kappa shape index (κ2) is 4.10. The van der Waals surface area contributed by atoms with Crippen LogP contribution in [0.25, 0.3) is 5.65 Å². The Labute approximate surface area is 101 Å². The highest BCUT2D eigenvalue weighted by molar-refractivity contribution is 7.07. The van der Waals surface area contributed by atoms with Crippen LogP contribution in [0.5, 0.6) is 0 Å². The fourth-order valence-corrected chi connectivity index (χ4v) is 2.24. The maximum absolute atomic E-state index is 4.33. The van der Waals surface area contributed by atoms with Gasteiger partial charge in [-0.1, -0.05) is 0 Å². The summed E-state index contributed by atoms with van der Waals surface area (Å²) in [6.45, 7) is 0.824. The van der Waals surface area contributed by atoms with E-state index >= 15 is 0 Å². The first-order chi connectivity index (χ1) is 8.33. The van der Waals surface area contributed by atoms with E-state index in [-0.39, 0.29) is 0 Å². The van der Waals surface area contributed by atoms with Crippen molar-refractivity contribution < 1.29 is 0 Å². The fourth-order valence-electron chi connectivity index (χ4n) is 1.58. The number of hydrogen-bond donors (Lipinski definition) is 0. The third kappa shape index (κ3) is 1.96. The molecule has 0 aliphatic carbocycles. The fraction of sp³-hybridized carbons (Fsp3) is 0.200. The molecule has 7 heteroatoms. The quantitative estimate of drug-likeness (QED) is 0.695. The summed E-state index contributed by atoms with van der Waals surface area (Å²) in [5, 5.41) is 19.7. The predicted octanol–water partition coefficient (Wildman–Crippen LogP) is 1.22. The van der Waals surface area contributed by atoms with E-state index in [0.29, 0.717) is 5.65 Å². The van der Waals surface area contributed by atoms with Gasteiger partial charge in [-0.3, -0.25) is 0 Å². The molecule has 3 heterocycles. The molecule has 17 heavy (non-hydrogen) atoms. The van der Waals surface area contributed by atoms with E-state index in [0.717, 1.165) is 12.4 Å². The van der Waals surface area contributed by atoms with E-state index in [9.17, 15) is 0 Å². The molecule has 3 rings (SSSR count). The molecule has 0 aliphatic rings. The van der Waals surface area contributed by atoms with Crippen LogP contribution in [0.1, 0.15) is 5.56 Å². The van der Waals surface area contributed by atoms with Gasteiger partial charge < -0.3 is 4.90 Å². The normalized spacial score (nSPS) is 10.9. The van der Waals surface area contributed by atoms with Crippen LogP contribution in [0, 0.1) is 0 Å². The number of aromatic nitrogens is 5. The first-order valence-corrected chi connectivity index (χ1v) is 6.05. The maximum Gasteiger partial charge on any atom is 0.200 e. The summed E-state index contributed by atoms with van der Waals surface area (Å²) in [5.41, 5.74) is 1.92. The van der Waals surface area contributed by atoms with Crippen LogP contribution in [0.3, 0.4) is 0 Å². The Morgan fingerprint density at radius 1 is 1.35 bits per heavy atom. The largest absolute Gasteiger partial charge is 0.354 e. The number of fused-ring (bicyclic) bond motifs is 1. The number of hydrogen-bond acceptors (Lipinski definition) is 6. The predicted molar refractivity (Wildman–Crippen MR) is 65.0 cm³/mol. The van der Waals surface area contributed by atoms with Gasteiger partial charge in [0.2, 0.25) is 0 Å². The molecule has 0 radical (unpaired) electrons. The van der Waals surface area contributed by atoms with Gasteiger partial charge in [0.15, 0.2) is 11.5 Å². The van der Waals surface area contributed by atoms with Crippen molar-refractivity contribution in [3.05, 3.63) is 34.5 Å². The molecule has 0 amide bonds. The first-order valence-electron chi connectivity index (χ1n) is 5.10. The van der Waals surface area contributed by atoms with Gasteiger partial charge in [0.05, 0.1) is 0 Å². The molecule has 0 saturated heterocycles. The smallest absolute Gasteiger partial charge is 0.200 e. The topological polar surface area (TPSA) is 59.2 Å². The lowest BCUT2D eigenvalue weighted by atomic mass is 10.3. The van der Waals surface area contributed by atoms with Crippen molar-refractivity contribution in [1.82, 2.24) is 25.3 Å². The minimum absolute atomic E-state index is 0.651. The Kier molecular flexibility index (Phi) is 2.45. The van der Waals surface area contributed by atoms with E-state index in [2.05, 4.69) is 42.4 Å². The number of rotatable bonds is 3. The van der Waals surface area contributed by atoms with E-state index in [1.807, 2.05) is 19.2 Å². The monoisotopic (exact) mass is 246 g/mol. The second-order valence-corrected chi connectivity index (χ2v) is 4.49. The van der Waals surface area contributed by atoms with E-state index < -0.39 is 0 Å². The zero-order chi connectivity index (χ0) is 11.7. The van der Waals surface area contributed by atoms with Gasteiger partial charge in [-0.2, -0.15) is 11.3 Å². The van der Waals surface area contributed by atoms with E-state index in [1.54, 1.807) is 11.3 Å². The third-order valence-electron chi connectivity index (χ3n) is 2.45. The standard InChI is InChI=1S/C10H10N6S/c1-15(6-8-4-5-17-7-8)10-3-2-9-11-13-14-16(9)12-10/h2-5,7H,6H2,1H3. The summed E-state index contributed by atoms with van der Waals surface area (Å²) in [5.74, 6) is 0.844. The minimum Gasteiger partial charge on any atom is -0.354 e. The van der Waals surface area contributed by atoms with Gasteiger partial charge in [0.25, 0.3) is 0 Å². The number of anilines is 1. The van der Waals surface area contributed by atoms with Crippen LogP contribution < -0.4 is 4.90 Å². The molecule has 3 aromatic rings. The average Bonchev–Trinajstić information content (AvgIpc) is 2.97. The Balaban J connectivity index is 1.87. The number of tetrazole rings is 1. The summed E-state index contributed by atoms with van der Waals surface area (Å²) in [6, 6.07) is 5.88. The van der Waals surface area contributed by atoms with Crippen molar-refractivity contribution in [2.24, 2.45) is 0 Å². The summed E-state index contributed by atoms with van der Waals surface area (Å²) in [6.07, 6.45) is 0.